The van der Waals surface area contributed by atoms with Gasteiger partial charge in [0.25, 0.3) is 5.91 Å². The Hall–Kier alpha value is -3.86. The van der Waals surface area contributed by atoms with E-state index in [1.165, 1.54) is 11.1 Å². The number of carbonyl (C=O) groups is 2. The molecule has 0 bridgehead atoms. The van der Waals surface area contributed by atoms with Gasteiger partial charge in [-0.15, -0.1) is 5.10 Å². The van der Waals surface area contributed by atoms with Crippen molar-refractivity contribution in [2.45, 2.75) is 75.1 Å². The molecule has 0 radical (unpaired) electrons. The number of aliphatic hydroxyl groups excluding tert-OH is 3. The second kappa shape index (κ2) is 13.0. The van der Waals surface area contributed by atoms with E-state index in [1.807, 2.05) is 0 Å². The predicted octanol–water partition coefficient (Wildman–Crippen LogP) is 1.18. The number of nitrogens with zero attached hydrogens (tertiary/aromatic N) is 6. The molecule has 4 N–H and O–H groups in total. The van der Waals surface area contributed by atoms with E-state index in [2.05, 4.69) is 15.4 Å². The van der Waals surface area contributed by atoms with E-state index < -0.39 is 84.8 Å². The molecule has 238 valence electrons. The van der Waals surface area contributed by atoms with Crippen LogP contribution in [0.5, 0.6) is 0 Å². The van der Waals surface area contributed by atoms with Crippen molar-refractivity contribution in [2.75, 3.05) is 6.61 Å². The van der Waals surface area contributed by atoms with Crippen molar-refractivity contribution >= 4 is 11.9 Å². The Morgan fingerprint density at radius 1 is 1.14 bits per heavy atom. The molecule has 3 heterocycles. The maximum Gasteiger partial charge on any atom is 0.303 e. The number of ether oxygens (including phenoxy) is 1. The Labute approximate surface area is 249 Å². The van der Waals surface area contributed by atoms with Crippen molar-refractivity contribution in [3.63, 3.8) is 0 Å². The van der Waals surface area contributed by atoms with Crippen LogP contribution in [0.3, 0.4) is 0 Å². The van der Waals surface area contributed by atoms with E-state index in [-0.39, 0.29) is 17.8 Å². The number of aliphatic carboxylic acids is 1. The molecule has 1 aromatic carbocycles. The minimum Gasteiger partial charge on any atom is -0.481 e. The van der Waals surface area contributed by atoms with Crippen molar-refractivity contribution in [3.8, 4) is 11.3 Å². The van der Waals surface area contributed by atoms with E-state index in [4.69, 9.17) is 4.74 Å². The van der Waals surface area contributed by atoms with Gasteiger partial charge in [-0.2, -0.15) is 5.10 Å². The van der Waals surface area contributed by atoms with E-state index in [1.54, 1.807) is 24.0 Å². The maximum atomic E-state index is 14.4. The number of rotatable bonds is 9. The third-order valence-electron chi connectivity index (χ3n) is 8.44. The predicted molar refractivity (Wildman–Crippen MR) is 144 cm³/mol. The summed E-state index contributed by atoms with van der Waals surface area (Å²) >= 11 is 0. The van der Waals surface area contributed by atoms with Crippen LogP contribution in [-0.4, -0.2) is 99.0 Å². The van der Waals surface area contributed by atoms with Crippen molar-refractivity contribution in [1.82, 2.24) is 29.7 Å². The standard InChI is InChI=1S/C28H33F3N6O7/c1-35-15(6-7-32-35)11-36(20-4-2-3-5-21(20)39)28(43)27-16(10-23(40)41)25(26(42)22(13-38)44-27)37-12-19(33-34-37)14-8-17(29)24(31)18(30)9-14/h6-9,12,16,20-22,25-27,38-39,42H,2-5,10-11,13H2,1H3,(H,40,41)/t16-,20+,21+,22-,25+,26+,27-/m1/s1. The van der Waals surface area contributed by atoms with Gasteiger partial charge in [-0.25, -0.2) is 17.9 Å². The second-order valence-electron chi connectivity index (χ2n) is 11.2. The minimum absolute atomic E-state index is 0.0168. The summed E-state index contributed by atoms with van der Waals surface area (Å²) in [5, 5.41) is 54.1. The Bertz CT molecular complexity index is 1480. The van der Waals surface area contributed by atoms with Crippen LogP contribution in [0.4, 0.5) is 13.2 Å². The highest BCUT2D eigenvalue weighted by atomic mass is 19.2. The first kappa shape index (κ1) is 31.6. The van der Waals surface area contributed by atoms with Gasteiger partial charge in [0.15, 0.2) is 17.5 Å². The van der Waals surface area contributed by atoms with Crippen LogP contribution in [0, 0.1) is 23.4 Å². The molecular weight excluding hydrogens is 589 g/mol. The molecule has 3 aromatic rings. The largest absolute Gasteiger partial charge is 0.481 e. The number of aromatic nitrogens is 5. The van der Waals surface area contributed by atoms with Crippen LogP contribution >= 0.6 is 0 Å². The molecular formula is C28H33F3N6O7. The summed E-state index contributed by atoms with van der Waals surface area (Å²) in [6.45, 7) is -0.728. The normalized spacial score (nSPS) is 27.3. The first-order valence-corrected chi connectivity index (χ1v) is 14.2. The molecule has 5 rings (SSSR count). The smallest absolute Gasteiger partial charge is 0.303 e. The topological polar surface area (TPSA) is 176 Å². The fourth-order valence-corrected chi connectivity index (χ4v) is 6.16. The molecule has 1 amide bonds. The van der Waals surface area contributed by atoms with Crippen molar-refractivity contribution in [1.29, 1.82) is 0 Å². The molecule has 7 atom stereocenters. The van der Waals surface area contributed by atoms with Crippen LogP contribution in [0.2, 0.25) is 0 Å². The van der Waals surface area contributed by atoms with Gasteiger partial charge in [0.2, 0.25) is 0 Å². The molecule has 1 aliphatic carbocycles. The first-order chi connectivity index (χ1) is 21.0. The van der Waals surface area contributed by atoms with Crippen LogP contribution < -0.4 is 0 Å². The van der Waals surface area contributed by atoms with Gasteiger partial charge in [-0.05, 0) is 31.0 Å². The van der Waals surface area contributed by atoms with Crippen LogP contribution in [0.15, 0.2) is 30.6 Å². The number of benzene rings is 1. The lowest BCUT2D eigenvalue weighted by Gasteiger charge is -2.46. The molecule has 0 spiro atoms. The van der Waals surface area contributed by atoms with E-state index in [0.29, 0.717) is 30.7 Å². The molecule has 2 aromatic heterocycles. The van der Waals surface area contributed by atoms with E-state index in [9.17, 15) is 43.2 Å². The minimum atomic E-state index is -1.67. The van der Waals surface area contributed by atoms with Crippen LogP contribution in [0.25, 0.3) is 11.3 Å². The molecule has 2 fully saturated rings. The Morgan fingerprint density at radius 2 is 1.84 bits per heavy atom. The Kier molecular flexibility index (Phi) is 9.34. The zero-order valence-corrected chi connectivity index (χ0v) is 23.7. The number of carbonyl (C=O) groups excluding carboxylic acids is 1. The number of amides is 1. The quantitative estimate of drug-likeness (QED) is 0.254. The first-order valence-electron chi connectivity index (χ1n) is 14.2. The van der Waals surface area contributed by atoms with Gasteiger partial charge >= 0.3 is 5.97 Å². The monoisotopic (exact) mass is 622 g/mol. The zero-order valence-electron chi connectivity index (χ0n) is 23.7. The van der Waals surface area contributed by atoms with Crippen LogP contribution in [-0.2, 0) is 27.9 Å². The summed E-state index contributed by atoms with van der Waals surface area (Å²) in [4.78, 5) is 27.9. The van der Waals surface area contributed by atoms with Crippen molar-refractivity contribution < 1.29 is 47.9 Å². The molecule has 1 saturated carbocycles. The van der Waals surface area contributed by atoms with Crippen LogP contribution in [0.1, 0.15) is 43.8 Å². The average molecular weight is 623 g/mol. The van der Waals surface area contributed by atoms with Gasteiger partial charge in [0.05, 0.1) is 49.7 Å². The third kappa shape index (κ3) is 6.20. The summed E-state index contributed by atoms with van der Waals surface area (Å²) < 4.78 is 49.9. The lowest BCUT2D eigenvalue weighted by atomic mass is 9.81. The van der Waals surface area contributed by atoms with Crippen molar-refractivity contribution in [2.24, 2.45) is 13.0 Å². The van der Waals surface area contributed by atoms with E-state index >= 15 is 0 Å². The Morgan fingerprint density at radius 3 is 2.45 bits per heavy atom. The molecule has 1 aliphatic heterocycles. The molecule has 13 nitrogen and oxygen atoms in total. The highest BCUT2D eigenvalue weighted by molar-refractivity contribution is 5.83. The molecule has 16 heteroatoms. The highest BCUT2D eigenvalue weighted by Crippen LogP contribution is 2.39. The Balaban J connectivity index is 1.54. The number of carboxylic acid groups (broad SMARTS) is 1. The summed E-state index contributed by atoms with van der Waals surface area (Å²) in [7, 11) is 1.69. The average Bonchev–Trinajstić information content (AvgIpc) is 3.63. The molecule has 0 unspecified atom stereocenters. The summed E-state index contributed by atoms with van der Waals surface area (Å²) in [5.74, 6) is -7.86. The number of aliphatic hydroxyl groups is 3. The fraction of sp³-hybridized carbons (Fsp3) is 0.536. The number of halogens is 3. The lowest BCUT2D eigenvalue weighted by molar-refractivity contribution is -0.202. The lowest BCUT2D eigenvalue weighted by Crippen LogP contribution is -2.60. The zero-order chi connectivity index (χ0) is 31.7. The number of hydrogen-bond donors (Lipinski definition) is 4. The summed E-state index contributed by atoms with van der Waals surface area (Å²) in [6, 6.07) is 1.18. The summed E-state index contributed by atoms with van der Waals surface area (Å²) in [5.41, 5.74) is 0.336. The molecule has 1 saturated heterocycles. The van der Waals surface area contributed by atoms with Gasteiger partial charge < -0.3 is 30.1 Å². The van der Waals surface area contributed by atoms with Gasteiger partial charge in [0.1, 0.15) is 24.0 Å². The maximum absolute atomic E-state index is 14.4. The molecule has 2 aliphatic rings. The van der Waals surface area contributed by atoms with Gasteiger partial charge in [-0.1, -0.05) is 18.1 Å². The highest BCUT2D eigenvalue weighted by Gasteiger charge is 2.52. The molecule has 44 heavy (non-hydrogen) atoms. The second-order valence-corrected chi connectivity index (χ2v) is 11.2. The number of carboxylic acids is 1. The number of hydrogen-bond acceptors (Lipinski definition) is 9. The van der Waals surface area contributed by atoms with E-state index in [0.717, 1.165) is 17.5 Å². The van der Waals surface area contributed by atoms with Crippen molar-refractivity contribution in [3.05, 3.63) is 53.7 Å². The fourth-order valence-electron chi connectivity index (χ4n) is 6.16. The number of aryl methyl sites for hydroxylation is 1. The third-order valence-corrected chi connectivity index (χ3v) is 8.44. The van der Waals surface area contributed by atoms with Gasteiger partial charge in [0, 0.05) is 24.7 Å². The SMILES string of the molecule is Cn1nccc1CN(C(=O)[C@@H]1O[C@H](CO)[C@H](O)[C@@H](n2cc(-c3cc(F)c(F)c(F)c3)nn2)[C@H]1CC(=O)O)[C@H]1CCCC[C@@H]1O. The summed E-state index contributed by atoms with van der Waals surface area (Å²) in [6.07, 6.45) is -0.832. The van der Waals surface area contributed by atoms with Gasteiger partial charge in [-0.3, -0.25) is 14.3 Å².